The van der Waals surface area contributed by atoms with Gasteiger partial charge >= 0.3 is 5.97 Å². The van der Waals surface area contributed by atoms with E-state index in [-0.39, 0.29) is 5.92 Å². The summed E-state index contributed by atoms with van der Waals surface area (Å²) in [5.41, 5.74) is 6.42. The second kappa shape index (κ2) is 12.1. The minimum absolute atomic E-state index is 0.0841. The minimum Gasteiger partial charge on any atom is -0.480 e. The van der Waals surface area contributed by atoms with E-state index in [0.717, 1.165) is 57.7 Å². The van der Waals surface area contributed by atoms with E-state index in [2.05, 4.69) is 89.1 Å². The number of carboxylic acids is 1. The molecule has 3 aromatic rings. The van der Waals surface area contributed by atoms with Gasteiger partial charge in [-0.3, -0.25) is 14.4 Å². The van der Waals surface area contributed by atoms with Crippen molar-refractivity contribution in [3.63, 3.8) is 0 Å². The lowest BCUT2D eigenvalue weighted by atomic mass is 9.86. The number of aliphatic carboxylic acids is 1. The van der Waals surface area contributed by atoms with Gasteiger partial charge in [0.25, 0.3) is 0 Å². The average molecular weight is 529 g/mol. The molecule has 0 aliphatic carbocycles. The molecule has 0 spiro atoms. The second-order valence-electron chi connectivity index (χ2n) is 12.2. The molecule has 2 aliphatic rings. The maximum atomic E-state index is 12.2. The van der Waals surface area contributed by atoms with Gasteiger partial charge in [0.05, 0.1) is 5.69 Å². The van der Waals surface area contributed by atoms with Gasteiger partial charge in [-0.2, -0.15) is 5.10 Å². The normalized spacial score (nSPS) is 22.0. The number of aromatic nitrogens is 2. The van der Waals surface area contributed by atoms with Crippen LogP contribution < -0.4 is 0 Å². The first-order valence-electron chi connectivity index (χ1n) is 14.6. The van der Waals surface area contributed by atoms with E-state index in [1.165, 1.54) is 22.4 Å². The average Bonchev–Trinajstić information content (AvgIpc) is 3.47. The number of nitrogens with zero attached hydrogens (tertiary/aromatic N) is 4. The SMILES string of the molecule is Cc1cccc(C2CN(C(C(=O)O)C(C)C)CC2CN2CCC(c3cc(Cc4ccccc4)nn3C)CC2)c1. The Balaban J connectivity index is 1.24. The van der Waals surface area contributed by atoms with E-state index in [1.54, 1.807) is 0 Å². The summed E-state index contributed by atoms with van der Waals surface area (Å²) < 4.78 is 2.10. The predicted octanol–water partition coefficient (Wildman–Crippen LogP) is 5.32. The molecule has 1 N–H and O–H groups in total. The molecular weight excluding hydrogens is 484 g/mol. The number of hydrogen-bond acceptors (Lipinski definition) is 4. The van der Waals surface area contributed by atoms with Crippen LogP contribution in [-0.4, -0.2) is 69.4 Å². The van der Waals surface area contributed by atoms with Gasteiger partial charge in [-0.05, 0) is 61.9 Å². The number of carboxylic acid groups (broad SMARTS) is 1. The third-order valence-electron chi connectivity index (χ3n) is 8.91. The highest BCUT2D eigenvalue weighted by Gasteiger charge is 2.41. The first kappa shape index (κ1) is 27.6. The Morgan fingerprint density at radius 1 is 1.03 bits per heavy atom. The van der Waals surface area contributed by atoms with Crippen molar-refractivity contribution in [2.45, 2.75) is 57.9 Å². The minimum atomic E-state index is -0.697. The summed E-state index contributed by atoms with van der Waals surface area (Å²) >= 11 is 0. The number of hydrogen-bond donors (Lipinski definition) is 1. The predicted molar refractivity (Wildman–Crippen MR) is 156 cm³/mol. The van der Waals surface area contributed by atoms with Gasteiger partial charge in [-0.1, -0.05) is 74.0 Å². The molecule has 6 heteroatoms. The molecule has 5 rings (SSSR count). The molecule has 0 saturated carbocycles. The zero-order chi connectivity index (χ0) is 27.5. The Morgan fingerprint density at radius 3 is 2.44 bits per heavy atom. The summed E-state index contributed by atoms with van der Waals surface area (Å²) in [6, 6.07) is 21.3. The van der Waals surface area contributed by atoms with Crippen LogP contribution in [0.4, 0.5) is 0 Å². The lowest BCUT2D eigenvalue weighted by molar-refractivity contribution is -0.144. The Labute approximate surface area is 233 Å². The molecule has 1 aromatic heterocycles. The molecule has 3 unspecified atom stereocenters. The van der Waals surface area contributed by atoms with Gasteiger partial charge in [-0.15, -0.1) is 0 Å². The summed E-state index contributed by atoms with van der Waals surface area (Å²) in [6.45, 7) is 11.0. The molecule has 0 amide bonds. The Morgan fingerprint density at radius 2 is 1.77 bits per heavy atom. The Bertz CT molecular complexity index is 1250. The summed E-state index contributed by atoms with van der Waals surface area (Å²) in [5.74, 6) is 0.713. The molecule has 3 atom stereocenters. The van der Waals surface area contributed by atoms with E-state index >= 15 is 0 Å². The number of benzene rings is 2. The largest absolute Gasteiger partial charge is 0.480 e. The third-order valence-corrected chi connectivity index (χ3v) is 8.91. The van der Waals surface area contributed by atoms with Gasteiger partial charge in [0.15, 0.2) is 0 Å². The highest BCUT2D eigenvalue weighted by molar-refractivity contribution is 5.73. The van der Waals surface area contributed by atoms with Crippen LogP contribution in [-0.2, 0) is 18.3 Å². The van der Waals surface area contributed by atoms with E-state index in [4.69, 9.17) is 5.10 Å². The molecular formula is C33H44N4O2. The smallest absolute Gasteiger partial charge is 0.321 e. The van der Waals surface area contributed by atoms with Crippen molar-refractivity contribution in [3.05, 3.63) is 88.7 Å². The van der Waals surface area contributed by atoms with Crippen molar-refractivity contribution in [3.8, 4) is 0 Å². The molecule has 6 nitrogen and oxygen atoms in total. The van der Waals surface area contributed by atoms with Crippen LogP contribution >= 0.6 is 0 Å². The number of piperidine rings is 1. The van der Waals surface area contributed by atoms with Crippen molar-refractivity contribution < 1.29 is 9.90 Å². The van der Waals surface area contributed by atoms with Crippen molar-refractivity contribution >= 4 is 5.97 Å². The van der Waals surface area contributed by atoms with Crippen molar-refractivity contribution in [1.29, 1.82) is 0 Å². The quantitative estimate of drug-likeness (QED) is 0.407. The zero-order valence-corrected chi connectivity index (χ0v) is 24.0. The van der Waals surface area contributed by atoms with E-state index in [9.17, 15) is 9.90 Å². The van der Waals surface area contributed by atoms with Gasteiger partial charge in [0.1, 0.15) is 6.04 Å². The van der Waals surface area contributed by atoms with Crippen LogP contribution in [0.5, 0.6) is 0 Å². The summed E-state index contributed by atoms with van der Waals surface area (Å²) in [6.07, 6.45) is 3.15. The van der Waals surface area contributed by atoms with Gasteiger partial charge < -0.3 is 10.0 Å². The highest BCUT2D eigenvalue weighted by Crippen LogP contribution is 2.37. The fourth-order valence-electron chi connectivity index (χ4n) is 7.02. The fraction of sp³-hybridized carbons (Fsp3) is 0.515. The lowest BCUT2D eigenvalue weighted by Crippen LogP contribution is -2.44. The van der Waals surface area contributed by atoms with E-state index in [0.29, 0.717) is 17.8 Å². The third kappa shape index (κ3) is 6.44. The molecule has 2 fully saturated rings. The standard InChI is InChI=1S/C33H44N4O2/c1-23(2)32(33(38)39)37-21-28(30(22-37)27-12-8-9-24(3)17-27)20-36-15-13-26(14-16-36)31-19-29(34-35(31)4)18-25-10-6-5-7-11-25/h5-12,17,19,23,26,28,30,32H,13-16,18,20-22H2,1-4H3,(H,38,39). The van der Waals surface area contributed by atoms with Crippen molar-refractivity contribution in [2.24, 2.45) is 18.9 Å². The topological polar surface area (TPSA) is 61.6 Å². The first-order chi connectivity index (χ1) is 18.8. The van der Waals surface area contributed by atoms with Crippen LogP contribution in [0.2, 0.25) is 0 Å². The highest BCUT2D eigenvalue weighted by atomic mass is 16.4. The van der Waals surface area contributed by atoms with Crippen LogP contribution in [0, 0.1) is 18.8 Å². The fourth-order valence-corrected chi connectivity index (χ4v) is 7.02. The molecule has 3 heterocycles. The van der Waals surface area contributed by atoms with Crippen LogP contribution in [0.3, 0.4) is 0 Å². The molecule has 0 radical (unpaired) electrons. The molecule has 2 aliphatic heterocycles. The first-order valence-corrected chi connectivity index (χ1v) is 14.6. The monoisotopic (exact) mass is 528 g/mol. The van der Waals surface area contributed by atoms with E-state index in [1.807, 2.05) is 13.8 Å². The lowest BCUT2D eigenvalue weighted by Gasteiger charge is -2.35. The maximum Gasteiger partial charge on any atom is 0.321 e. The molecule has 208 valence electrons. The summed E-state index contributed by atoms with van der Waals surface area (Å²) in [7, 11) is 2.09. The van der Waals surface area contributed by atoms with Crippen LogP contribution in [0.25, 0.3) is 0 Å². The van der Waals surface area contributed by atoms with Gasteiger partial charge in [0, 0.05) is 50.6 Å². The number of likely N-dealkylation sites (tertiary alicyclic amines) is 2. The van der Waals surface area contributed by atoms with Crippen LogP contribution in [0.15, 0.2) is 60.7 Å². The Kier molecular flexibility index (Phi) is 8.53. The zero-order valence-electron chi connectivity index (χ0n) is 24.0. The van der Waals surface area contributed by atoms with Crippen molar-refractivity contribution in [2.75, 3.05) is 32.7 Å². The maximum absolute atomic E-state index is 12.2. The number of carbonyl (C=O) groups is 1. The van der Waals surface area contributed by atoms with Gasteiger partial charge in [-0.25, -0.2) is 0 Å². The Hall–Kier alpha value is -2.96. The molecule has 0 bridgehead atoms. The van der Waals surface area contributed by atoms with Crippen molar-refractivity contribution in [1.82, 2.24) is 19.6 Å². The van der Waals surface area contributed by atoms with Crippen LogP contribution in [0.1, 0.15) is 66.6 Å². The van der Waals surface area contributed by atoms with E-state index < -0.39 is 12.0 Å². The summed E-state index contributed by atoms with van der Waals surface area (Å²) in [5, 5.41) is 14.8. The molecule has 2 aromatic carbocycles. The number of aryl methyl sites for hydroxylation is 2. The van der Waals surface area contributed by atoms with Gasteiger partial charge in [0.2, 0.25) is 0 Å². The summed E-state index contributed by atoms with van der Waals surface area (Å²) in [4.78, 5) is 17.0. The second-order valence-corrected chi connectivity index (χ2v) is 12.2. The molecule has 39 heavy (non-hydrogen) atoms. The number of rotatable bonds is 9. The molecule has 2 saturated heterocycles.